The molecule has 0 radical (unpaired) electrons. The largest absolute Gasteiger partial charge is 0.376 e. The number of carbonyl (C=O) groups excluding carboxylic acids is 1. The van der Waals surface area contributed by atoms with E-state index in [1.807, 2.05) is 52.9 Å². The van der Waals surface area contributed by atoms with Gasteiger partial charge in [0, 0.05) is 44.4 Å². The average molecular weight is 484 g/mol. The van der Waals surface area contributed by atoms with E-state index < -0.39 is 0 Å². The molecule has 1 amide bonds. The Balaban J connectivity index is 1.47. The highest BCUT2D eigenvalue weighted by molar-refractivity contribution is 5.94. The van der Waals surface area contributed by atoms with Crippen LogP contribution in [0.3, 0.4) is 0 Å². The molecule has 0 saturated heterocycles. The summed E-state index contributed by atoms with van der Waals surface area (Å²) in [6.45, 7) is 9.46. The van der Waals surface area contributed by atoms with Gasteiger partial charge < -0.3 is 4.90 Å². The van der Waals surface area contributed by atoms with Crippen molar-refractivity contribution in [3.8, 4) is 22.6 Å². The number of rotatable bonds is 6. The van der Waals surface area contributed by atoms with Crippen molar-refractivity contribution in [1.82, 2.24) is 24.5 Å². The smallest absolute Gasteiger partial charge is 0.230 e. The van der Waals surface area contributed by atoms with Crippen molar-refractivity contribution in [2.75, 3.05) is 23.9 Å². The number of carbonyl (C=O) groups is 1. The van der Waals surface area contributed by atoms with Gasteiger partial charge in [-0.2, -0.15) is 10.2 Å². The first-order valence-electron chi connectivity index (χ1n) is 12.4. The van der Waals surface area contributed by atoms with Crippen LogP contribution < -0.4 is 9.80 Å². The molecule has 0 N–H and O–H groups in total. The number of hydrogen-bond donors (Lipinski definition) is 0. The minimum atomic E-state index is 0.115. The molecule has 36 heavy (non-hydrogen) atoms. The van der Waals surface area contributed by atoms with Crippen molar-refractivity contribution in [1.29, 1.82) is 0 Å². The van der Waals surface area contributed by atoms with E-state index in [1.54, 1.807) is 0 Å². The van der Waals surface area contributed by atoms with Gasteiger partial charge in [-0.15, -0.1) is 0 Å². The van der Waals surface area contributed by atoms with Crippen molar-refractivity contribution in [3.05, 3.63) is 65.5 Å². The quantitative estimate of drug-likeness (QED) is 0.386. The zero-order valence-electron chi connectivity index (χ0n) is 21.9. The molecule has 8 heteroatoms. The molecule has 186 valence electrons. The first kappa shape index (κ1) is 23.8. The van der Waals surface area contributed by atoms with Crippen LogP contribution in [0, 0.1) is 13.8 Å². The number of hydrogen-bond acceptors (Lipinski definition) is 5. The van der Waals surface area contributed by atoms with Crippen LogP contribution in [-0.4, -0.2) is 44.5 Å². The third kappa shape index (κ3) is 4.17. The lowest BCUT2D eigenvalue weighted by molar-refractivity contribution is -0.119. The lowest BCUT2D eigenvalue weighted by Crippen LogP contribution is -2.36. The molecule has 0 spiro atoms. The molecule has 0 atom stereocenters. The minimum absolute atomic E-state index is 0.115. The molecule has 0 unspecified atom stereocenters. The highest BCUT2D eigenvalue weighted by atomic mass is 16.2. The van der Waals surface area contributed by atoms with E-state index >= 15 is 0 Å². The van der Waals surface area contributed by atoms with Gasteiger partial charge in [0.15, 0.2) is 0 Å². The van der Waals surface area contributed by atoms with E-state index in [2.05, 4.69) is 66.9 Å². The van der Waals surface area contributed by atoms with Gasteiger partial charge in [0.25, 0.3) is 0 Å². The SMILES string of the molecule is Cc1cc(CN2C(=O)CCn3nc(-c4c(C)cnn4C(C)C)cc32)ccc1-c1ncccc1N(C)C. The van der Waals surface area contributed by atoms with E-state index in [0.29, 0.717) is 19.5 Å². The summed E-state index contributed by atoms with van der Waals surface area (Å²) in [5.74, 6) is 0.947. The number of anilines is 2. The van der Waals surface area contributed by atoms with Crippen LogP contribution in [0.1, 0.15) is 43.0 Å². The normalized spacial score (nSPS) is 13.4. The van der Waals surface area contributed by atoms with Crippen LogP contribution in [0.25, 0.3) is 22.6 Å². The molecule has 3 aromatic heterocycles. The molecule has 0 aliphatic carbocycles. The van der Waals surface area contributed by atoms with Gasteiger partial charge in [-0.25, -0.2) is 4.68 Å². The van der Waals surface area contributed by atoms with E-state index in [-0.39, 0.29) is 11.9 Å². The van der Waals surface area contributed by atoms with Gasteiger partial charge in [-0.05, 0) is 56.5 Å². The van der Waals surface area contributed by atoms with E-state index in [1.165, 1.54) is 0 Å². The van der Waals surface area contributed by atoms with Gasteiger partial charge in [0.05, 0.1) is 36.4 Å². The Morgan fingerprint density at radius 1 is 1.08 bits per heavy atom. The first-order chi connectivity index (χ1) is 17.2. The lowest BCUT2D eigenvalue weighted by Gasteiger charge is -2.27. The van der Waals surface area contributed by atoms with Crippen LogP contribution in [0.4, 0.5) is 11.5 Å². The molecular weight excluding hydrogens is 450 g/mol. The fourth-order valence-electron chi connectivity index (χ4n) is 4.93. The third-order valence-electron chi connectivity index (χ3n) is 6.74. The molecule has 1 aliphatic heterocycles. The maximum absolute atomic E-state index is 13.0. The van der Waals surface area contributed by atoms with Gasteiger partial charge >= 0.3 is 0 Å². The van der Waals surface area contributed by atoms with E-state index in [0.717, 1.165) is 50.8 Å². The van der Waals surface area contributed by atoms with Gasteiger partial charge in [-0.3, -0.25) is 19.4 Å². The van der Waals surface area contributed by atoms with Crippen molar-refractivity contribution < 1.29 is 4.79 Å². The predicted molar refractivity (Wildman–Crippen MR) is 143 cm³/mol. The number of nitrogens with zero attached hydrogens (tertiary/aromatic N) is 7. The number of aryl methyl sites for hydroxylation is 3. The molecule has 8 nitrogen and oxygen atoms in total. The Kier molecular flexibility index (Phi) is 6.12. The second kappa shape index (κ2) is 9.26. The standard InChI is InChI=1S/C28H33N7O/c1-18(2)35-28(20(4)16-30-35)23-15-25-33(26(36)11-13-34(25)31-23)17-21-9-10-22(19(3)14-21)27-24(32(5)6)8-7-12-29-27/h7-10,12,14-16,18H,11,13,17H2,1-6H3. The summed E-state index contributed by atoms with van der Waals surface area (Å²) in [6.07, 6.45) is 4.14. The summed E-state index contributed by atoms with van der Waals surface area (Å²) in [4.78, 5) is 21.6. The first-order valence-corrected chi connectivity index (χ1v) is 12.4. The van der Waals surface area contributed by atoms with Crippen LogP contribution in [-0.2, 0) is 17.9 Å². The van der Waals surface area contributed by atoms with Crippen LogP contribution in [0.5, 0.6) is 0 Å². The second-order valence-electron chi connectivity index (χ2n) is 9.97. The number of amides is 1. The predicted octanol–water partition coefficient (Wildman–Crippen LogP) is 5.01. The molecule has 4 heterocycles. The fourth-order valence-corrected chi connectivity index (χ4v) is 4.93. The van der Waals surface area contributed by atoms with Crippen molar-refractivity contribution in [2.24, 2.45) is 0 Å². The van der Waals surface area contributed by atoms with Crippen LogP contribution >= 0.6 is 0 Å². The molecule has 0 bridgehead atoms. The molecule has 0 fully saturated rings. The number of fused-ring (bicyclic) bond motifs is 1. The van der Waals surface area contributed by atoms with Gasteiger partial charge in [0.2, 0.25) is 5.91 Å². The topological polar surface area (TPSA) is 72.1 Å². The van der Waals surface area contributed by atoms with Crippen LogP contribution in [0.15, 0.2) is 48.8 Å². The summed E-state index contributed by atoms with van der Waals surface area (Å²) in [5.41, 5.74) is 8.27. The zero-order valence-corrected chi connectivity index (χ0v) is 21.9. The average Bonchev–Trinajstić information content (AvgIpc) is 3.44. The Morgan fingerprint density at radius 3 is 2.61 bits per heavy atom. The monoisotopic (exact) mass is 483 g/mol. The Bertz CT molecular complexity index is 1430. The number of aromatic nitrogens is 5. The van der Waals surface area contributed by atoms with E-state index in [9.17, 15) is 4.79 Å². The second-order valence-corrected chi connectivity index (χ2v) is 9.97. The van der Waals surface area contributed by atoms with Crippen LogP contribution in [0.2, 0.25) is 0 Å². The minimum Gasteiger partial charge on any atom is -0.376 e. The van der Waals surface area contributed by atoms with Gasteiger partial charge in [0.1, 0.15) is 11.5 Å². The van der Waals surface area contributed by atoms with Crippen molar-refractivity contribution >= 4 is 17.4 Å². The zero-order chi connectivity index (χ0) is 25.6. The number of benzene rings is 1. The summed E-state index contributed by atoms with van der Waals surface area (Å²) in [5, 5.41) is 9.41. The summed E-state index contributed by atoms with van der Waals surface area (Å²) < 4.78 is 3.95. The molecule has 1 aliphatic rings. The molecule has 4 aromatic rings. The number of pyridine rings is 1. The van der Waals surface area contributed by atoms with Crippen molar-refractivity contribution in [3.63, 3.8) is 0 Å². The molecule has 5 rings (SSSR count). The van der Waals surface area contributed by atoms with Gasteiger partial charge in [-0.1, -0.05) is 18.2 Å². The molecular formula is C28H33N7O. The lowest BCUT2D eigenvalue weighted by atomic mass is 10.00. The summed E-state index contributed by atoms with van der Waals surface area (Å²) in [7, 11) is 4.05. The third-order valence-corrected chi connectivity index (χ3v) is 6.74. The highest BCUT2D eigenvalue weighted by Gasteiger charge is 2.28. The highest BCUT2D eigenvalue weighted by Crippen LogP contribution is 2.33. The Hall–Kier alpha value is -3.94. The Morgan fingerprint density at radius 2 is 1.89 bits per heavy atom. The summed E-state index contributed by atoms with van der Waals surface area (Å²) >= 11 is 0. The Labute approximate surface area is 212 Å². The molecule has 0 saturated carbocycles. The molecule has 1 aromatic carbocycles. The summed E-state index contributed by atoms with van der Waals surface area (Å²) in [6, 6.07) is 12.6. The maximum atomic E-state index is 13.0. The van der Waals surface area contributed by atoms with Crippen molar-refractivity contribution in [2.45, 2.75) is 53.2 Å². The van der Waals surface area contributed by atoms with E-state index in [4.69, 9.17) is 5.10 Å². The fraction of sp³-hybridized carbons (Fsp3) is 0.357. The maximum Gasteiger partial charge on any atom is 0.230 e.